The fraction of sp³-hybridized carbons (Fsp3) is 0.923. The fourth-order valence-corrected chi connectivity index (χ4v) is 12.0. The van der Waals surface area contributed by atoms with Crippen molar-refractivity contribution in [2.45, 2.75) is 157 Å². The van der Waals surface area contributed by atoms with Crippen LogP contribution in [0.1, 0.15) is 142 Å². The van der Waals surface area contributed by atoms with Crippen LogP contribution in [0.5, 0.6) is 0 Å². The Balaban J connectivity index is 1.98. The van der Waals surface area contributed by atoms with E-state index in [2.05, 4.69) is 69.2 Å². The highest BCUT2D eigenvalue weighted by Gasteiger charge is 2.12. The molecule has 0 spiro atoms. The summed E-state index contributed by atoms with van der Waals surface area (Å²) in [6.07, 6.45) is 28.0. The number of halogens is 2. The van der Waals surface area contributed by atoms with Gasteiger partial charge in [0.2, 0.25) is 0 Å². The van der Waals surface area contributed by atoms with E-state index in [0.717, 1.165) is 8.68 Å². The highest BCUT2D eigenvalue weighted by atomic mass is 127. The molecule has 1 aromatic heterocycles. The minimum atomic E-state index is 0.659. The van der Waals surface area contributed by atoms with E-state index in [0.29, 0.717) is 6.51 Å². The van der Waals surface area contributed by atoms with Crippen LogP contribution < -0.4 is 0 Å². The number of rotatable bonds is 26. The average molecular weight is 803 g/mol. The Hall–Kier alpha value is 2.42. The number of alkyl halides is 2. The van der Waals surface area contributed by atoms with Crippen LogP contribution >= 0.6 is 99.7 Å². The lowest BCUT2D eigenvalue weighted by atomic mass is 10.1. The van der Waals surface area contributed by atoms with Crippen LogP contribution in [0.2, 0.25) is 0 Å². The van der Waals surface area contributed by atoms with Crippen molar-refractivity contribution in [3.8, 4) is 0 Å². The summed E-state index contributed by atoms with van der Waals surface area (Å²) in [5.74, 6) is 0. The van der Waals surface area contributed by atoms with Crippen LogP contribution in [-0.2, 0) is 0 Å². The largest absolute Gasteiger partial charge is 0.185 e. The Labute approximate surface area is 264 Å². The van der Waals surface area contributed by atoms with Gasteiger partial charge in [-0.1, -0.05) is 208 Å². The molecule has 1 heterocycles. The molecule has 0 aliphatic heterocycles. The van der Waals surface area contributed by atoms with Crippen LogP contribution in [0.4, 0.5) is 0 Å². The topological polar surface area (TPSA) is 25.8 Å². The summed E-state index contributed by atoms with van der Waals surface area (Å²) < 4.78 is 3.53. The summed E-state index contributed by atoms with van der Waals surface area (Å²) in [6.45, 7) is 4.58. The molecule has 0 saturated carbocycles. The molecule has 35 heavy (non-hydrogen) atoms. The standard InChI is InChI=1S/C26H48I2N2S5/c1-3-5-7-9-11-13-15-17-19-21-23(27)32-34-25-29-30-26(31-25)35-33-24(28)22-20-18-16-14-12-10-8-6-4-2/h23-24H,3-22H2,1-2H3. The number of nitrogens with zero attached hydrogens (tertiary/aromatic N) is 2. The maximum absolute atomic E-state index is 4.41. The van der Waals surface area contributed by atoms with Crippen molar-refractivity contribution in [3.05, 3.63) is 0 Å². The van der Waals surface area contributed by atoms with Crippen molar-refractivity contribution in [3.63, 3.8) is 0 Å². The molecule has 0 amide bonds. The molecule has 9 heteroatoms. The minimum absolute atomic E-state index is 0.659. The normalized spacial score (nSPS) is 13.4. The summed E-state index contributed by atoms with van der Waals surface area (Å²) in [5.41, 5.74) is 0. The third-order valence-electron chi connectivity index (χ3n) is 5.90. The summed E-state index contributed by atoms with van der Waals surface area (Å²) in [5, 5.41) is 8.82. The molecule has 2 nitrogen and oxygen atoms in total. The lowest BCUT2D eigenvalue weighted by Crippen LogP contribution is -1.89. The van der Waals surface area contributed by atoms with Gasteiger partial charge in [-0.2, -0.15) is 0 Å². The molecule has 0 aliphatic rings. The highest BCUT2D eigenvalue weighted by molar-refractivity contribution is 14.1. The number of aromatic nitrogens is 2. The summed E-state index contributed by atoms with van der Waals surface area (Å²) in [4.78, 5) is 0. The van der Waals surface area contributed by atoms with Gasteiger partial charge in [0, 0.05) is 0 Å². The van der Waals surface area contributed by atoms with E-state index < -0.39 is 0 Å². The molecule has 0 radical (unpaired) electrons. The molecular weight excluding hydrogens is 754 g/mol. The van der Waals surface area contributed by atoms with Gasteiger partial charge in [0.05, 0.1) is 6.51 Å². The fourth-order valence-electron chi connectivity index (χ4n) is 3.78. The number of hydrogen-bond donors (Lipinski definition) is 0. The van der Waals surface area contributed by atoms with Gasteiger partial charge >= 0.3 is 0 Å². The molecular formula is C26H48I2N2S5. The van der Waals surface area contributed by atoms with E-state index in [1.165, 1.54) is 128 Å². The Morgan fingerprint density at radius 3 is 1.20 bits per heavy atom. The minimum Gasteiger partial charge on any atom is -0.130 e. The van der Waals surface area contributed by atoms with E-state index in [1.54, 1.807) is 11.3 Å². The summed E-state index contributed by atoms with van der Waals surface area (Å²) >= 11 is 6.96. The first-order valence-corrected chi connectivity index (χ1v) is 21.7. The Bertz CT molecular complexity index is 533. The Morgan fingerprint density at radius 2 is 0.857 bits per heavy atom. The lowest BCUT2D eigenvalue weighted by Gasteiger charge is -2.07. The number of hydrogen-bond acceptors (Lipinski definition) is 7. The monoisotopic (exact) mass is 802 g/mol. The molecule has 0 N–H and O–H groups in total. The smallest absolute Gasteiger partial charge is 0.130 e. The maximum Gasteiger partial charge on any atom is 0.185 e. The zero-order valence-corrected chi connectivity index (χ0v) is 30.4. The average Bonchev–Trinajstić information content (AvgIpc) is 3.32. The molecule has 1 aromatic rings. The molecule has 0 aromatic carbocycles. The Kier molecular flexibility index (Phi) is 27.0. The van der Waals surface area contributed by atoms with Gasteiger partial charge in [0.1, 0.15) is 0 Å². The molecule has 2 atom stereocenters. The third-order valence-corrected chi connectivity index (χ3v) is 17.3. The predicted molar refractivity (Wildman–Crippen MR) is 186 cm³/mol. The zero-order valence-electron chi connectivity index (χ0n) is 22.0. The van der Waals surface area contributed by atoms with E-state index >= 15 is 0 Å². The predicted octanol–water partition coefficient (Wildman–Crippen LogP) is 13.4. The van der Waals surface area contributed by atoms with E-state index in [9.17, 15) is 0 Å². The maximum atomic E-state index is 4.41. The van der Waals surface area contributed by atoms with E-state index in [4.69, 9.17) is 0 Å². The molecule has 206 valence electrons. The second kappa shape index (κ2) is 26.6. The molecule has 0 fully saturated rings. The van der Waals surface area contributed by atoms with Crippen molar-refractivity contribution in [2.24, 2.45) is 0 Å². The van der Waals surface area contributed by atoms with Gasteiger partial charge in [-0.15, -0.1) is 10.2 Å². The quantitative estimate of drug-likeness (QED) is 0.0401. The first kappa shape index (κ1) is 35.4. The van der Waals surface area contributed by atoms with E-state index in [1.807, 2.05) is 43.2 Å². The SMILES string of the molecule is CCCCCCCCCCCC(I)SSc1nnc(SSC(I)CCCCCCCCCCC)s1. The molecule has 0 bridgehead atoms. The van der Waals surface area contributed by atoms with Gasteiger partial charge in [0.15, 0.2) is 8.68 Å². The van der Waals surface area contributed by atoms with E-state index in [-0.39, 0.29) is 0 Å². The number of unbranched alkanes of at least 4 members (excludes halogenated alkanes) is 16. The van der Waals surface area contributed by atoms with Crippen LogP contribution in [-0.4, -0.2) is 16.7 Å². The van der Waals surface area contributed by atoms with Crippen LogP contribution in [0.15, 0.2) is 8.68 Å². The summed E-state index contributed by atoms with van der Waals surface area (Å²) in [6, 6.07) is 0. The van der Waals surface area contributed by atoms with Crippen LogP contribution in [0, 0.1) is 0 Å². The highest BCUT2D eigenvalue weighted by Crippen LogP contribution is 2.45. The first-order chi connectivity index (χ1) is 17.2. The first-order valence-electron chi connectivity index (χ1n) is 13.9. The summed E-state index contributed by atoms with van der Waals surface area (Å²) in [7, 11) is 7.56. The van der Waals surface area contributed by atoms with Crippen molar-refractivity contribution in [1.82, 2.24) is 10.2 Å². The van der Waals surface area contributed by atoms with Gasteiger partial charge in [-0.3, -0.25) is 0 Å². The molecule has 1 rings (SSSR count). The lowest BCUT2D eigenvalue weighted by molar-refractivity contribution is 0.562. The second-order valence-electron chi connectivity index (χ2n) is 9.25. The second-order valence-corrected chi connectivity index (χ2v) is 20.2. The third kappa shape index (κ3) is 22.9. The van der Waals surface area contributed by atoms with Crippen LogP contribution in [0.3, 0.4) is 0 Å². The van der Waals surface area contributed by atoms with Crippen molar-refractivity contribution in [2.75, 3.05) is 0 Å². The van der Waals surface area contributed by atoms with Crippen molar-refractivity contribution < 1.29 is 0 Å². The molecule has 0 aliphatic carbocycles. The van der Waals surface area contributed by atoms with Gasteiger partial charge in [-0.05, 0) is 34.4 Å². The van der Waals surface area contributed by atoms with Gasteiger partial charge < -0.3 is 0 Å². The Morgan fingerprint density at radius 1 is 0.543 bits per heavy atom. The molecule has 0 saturated heterocycles. The van der Waals surface area contributed by atoms with Crippen molar-refractivity contribution in [1.29, 1.82) is 0 Å². The van der Waals surface area contributed by atoms with Crippen molar-refractivity contribution >= 4 is 99.7 Å². The van der Waals surface area contributed by atoms with Gasteiger partial charge in [-0.25, -0.2) is 0 Å². The molecule has 2 unspecified atom stereocenters. The zero-order chi connectivity index (χ0) is 25.4. The van der Waals surface area contributed by atoms with Gasteiger partial charge in [0.25, 0.3) is 0 Å². The van der Waals surface area contributed by atoms with Crippen LogP contribution in [0.25, 0.3) is 0 Å².